The molecule has 1 heterocycles. The summed E-state index contributed by atoms with van der Waals surface area (Å²) in [6, 6.07) is 4.74. The highest BCUT2D eigenvalue weighted by molar-refractivity contribution is 5.99. The number of benzene rings is 1. The Morgan fingerprint density at radius 1 is 1.42 bits per heavy atom. The molecule has 0 aromatic heterocycles. The standard InChI is InChI=1S/C14H16N2O3/c1-10-5-7-15(8-6-10)12-3-4-14(16(18)19)13(9-12)11(2)17/h3-5,9H,6-8H2,1-2H3. The Kier molecular flexibility index (Phi) is 3.64. The molecule has 5 heteroatoms. The zero-order valence-electron chi connectivity index (χ0n) is 11.0. The maximum Gasteiger partial charge on any atom is 0.280 e. The normalized spacial score (nSPS) is 15.1. The van der Waals surface area contributed by atoms with Gasteiger partial charge in [0.05, 0.1) is 10.5 Å². The number of hydrogen-bond acceptors (Lipinski definition) is 4. The number of hydrogen-bond donors (Lipinski definition) is 0. The van der Waals surface area contributed by atoms with Gasteiger partial charge in [0, 0.05) is 24.8 Å². The molecular weight excluding hydrogens is 244 g/mol. The summed E-state index contributed by atoms with van der Waals surface area (Å²) < 4.78 is 0. The molecule has 0 atom stereocenters. The highest BCUT2D eigenvalue weighted by Crippen LogP contribution is 2.27. The number of anilines is 1. The maximum absolute atomic E-state index is 11.5. The third-order valence-corrected chi connectivity index (χ3v) is 3.36. The van der Waals surface area contributed by atoms with Crippen molar-refractivity contribution in [2.45, 2.75) is 20.3 Å². The fourth-order valence-corrected chi connectivity index (χ4v) is 2.17. The van der Waals surface area contributed by atoms with Gasteiger partial charge in [0.1, 0.15) is 0 Å². The van der Waals surface area contributed by atoms with Crippen molar-refractivity contribution in [2.24, 2.45) is 0 Å². The summed E-state index contributed by atoms with van der Waals surface area (Å²) in [6.07, 6.45) is 3.12. The molecule has 0 fully saturated rings. The van der Waals surface area contributed by atoms with E-state index in [0.29, 0.717) is 0 Å². The largest absolute Gasteiger partial charge is 0.367 e. The van der Waals surface area contributed by atoms with Gasteiger partial charge < -0.3 is 4.90 Å². The first-order valence-corrected chi connectivity index (χ1v) is 6.19. The number of Topliss-reactive ketones (excluding diaryl/α,β-unsaturated/α-hetero) is 1. The topological polar surface area (TPSA) is 63.5 Å². The van der Waals surface area contributed by atoms with Gasteiger partial charge in [-0.1, -0.05) is 11.6 Å². The monoisotopic (exact) mass is 260 g/mol. The van der Waals surface area contributed by atoms with Crippen molar-refractivity contribution in [3.05, 3.63) is 45.5 Å². The van der Waals surface area contributed by atoms with Crippen LogP contribution in [0.3, 0.4) is 0 Å². The van der Waals surface area contributed by atoms with E-state index in [1.165, 1.54) is 18.6 Å². The summed E-state index contributed by atoms with van der Waals surface area (Å²) in [7, 11) is 0. The minimum Gasteiger partial charge on any atom is -0.367 e. The van der Waals surface area contributed by atoms with Gasteiger partial charge >= 0.3 is 0 Å². The quantitative estimate of drug-likeness (QED) is 0.363. The Balaban J connectivity index is 2.36. The first-order chi connectivity index (χ1) is 8.99. The Bertz CT molecular complexity index is 564. The zero-order chi connectivity index (χ0) is 14.0. The van der Waals surface area contributed by atoms with Gasteiger partial charge in [0.25, 0.3) is 5.69 Å². The molecule has 100 valence electrons. The van der Waals surface area contributed by atoms with E-state index in [4.69, 9.17) is 0 Å². The summed E-state index contributed by atoms with van der Waals surface area (Å²) in [5.74, 6) is -0.280. The van der Waals surface area contributed by atoms with Crippen LogP contribution in [0.4, 0.5) is 11.4 Å². The molecular formula is C14H16N2O3. The van der Waals surface area contributed by atoms with Gasteiger partial charge in [-0.3, -0.25) is 14.9 Å². The number of nitro groups is 1. The lowest BCUT2D eigenvalue weighted by Gasteiger charge is -2.27. The average Bonchev–Trinajstić information content (AvgIpc) is 2.38. The third kappa shape index (κ3) is 2.81. The summed E-state index contributed by atoms with van der Waals surface area (Å²) in [4.78, 5) is 24.0. The van der Waals surface area contributed by atoms with E-state index < -0.39 is 4.92 Å². The van der Waals surface area contributed by atoms with E-state index in [2.05, 4.69) is 17.9 Å². The lowest BCUT2D eigenvalue weighted by molar-refractivity contribution is -0.385. The molecule has 0 bridgehead atoms. The summed E-state index contributed by atoms with van der Waals surface area (Å²) in [6.45, 7) is 5.10. The van der Waals surface area contributed by atoms with E-state index in [9.17, 15) is 14.9 Å². The predicted octanol–water partition coefficient (Wildman–Crippen LogP) is 2.95. The molecule has 0 saturated carbocycles. The molecule has 0 spiro atoms. The molecule has 0 aliphatic carbocycles. The van der Waals surface area contributed by atoms with E-state index >= 15 is 0 Å². The molecule has 1 aromatic rings. The smallest absolute Gasteiger partial charge is 0.280 e. The first-order valence-electron chi connectivity index (χ1n) is 6.19. The predicted molar refractivity (Wildman–Crippen MR) is 73.7 cm³/mol. The fourth-order valence-electron chi connectivity index (χ4n) is 2.17. The van der Waals surface area contributed by atoms with Gasteiger partial charge in [0.2, 0.25) is 0 Å². The highest BCUT2D eigenvalue weighted by atomic mass is 16.6. The summed E-state index contributed by atoms with van der Waals surface area (Å²) >= 11 is 0. The Morgan fingerprint density at radius 2 is 2.16 bits per heavy atom. The van der Waals surface area contributed by atoms with Crippen LogP contribution in [0.15, 0.2) is 29.8 Å². The molecule has 0 amide bonds. The maximum atomic E-state index is 11.5. The third-order valence-electron chi connectivity index (χ3n) is 3.36. The minimum atomic E-state index is -0.513. The second kappa shape index (κ2) is 5.22. The number of carbonyl (C=O) groups is 1. The summed E-state index contributed by atoms with van der Waals surface area (Å²) in [5, 5.41) is 10.9. The van der Waals surface area contributed by atoms with E-state index in [0.717, 1.165) is 25.2 Å². The lowest BCUT2D eigenvalue weighted by atomic mass is 10.1. The fraction of sp³-hybridized carbons (Fsp3) is 0.357. The number of rotatable bonds is 3. The Morgan fingerprint density at radius 3 is 2.68 bits per heavy atom. The Hall–Kier alpha value is -2.17. The van der Waals surface area contributed by atoms with Gasteiger partial charge in [-0.2, -0.15) is 0 Å². The van der Waals surface area contributed by atoms with Crippen LogP contribution in [0.25, 0.3) is 0 Å². The van der Waals surface area contributed by atoms with Crippen LogP contribution >= 0.6 is 0 Å². The molecule has 19 heavy (non-hydrogen) atoms. The summed E-state index contributed by atoms with van der Waals surface area (Å²) in [5.41, 5.74) is 2.26. The molecule has 2 rings (SSSR count). The lowest BCUT2D eigenvalue weighted by Crippen LogP contribution is -2.28. The van der Waals surface area contributed by atoms with Crippen LogP contribution in [0.1, 0.15) is 30.6 Å². The second-order valence-electron chi connectivity index (χ2n) is 4.76. The molecule has 1 aliphatic heterocycles. The highest BCUT2D eigenvalue weighted by Gasteiger charge is 2.20. The minimum absolute atomic E-state index is 0.125. The number of ketones is 1. The molecule has 0 unspecified atom stereocenters. The van der Waals surface area contributed by atoms with Crippen molar-refractivity contribution in [2.75, 3.05) is 18.0 Å². The van der Waals surface area contributed by atoms with Crippen molar-refractivity contribution in [3.63, 3.8) is 0 Å². The van der Waals surface area contributed by atoms with E-state index in [1.54, 1.807) is 12.1 Å². The van der Waals surface area contributed by atoms with Crippen molar-refractivity contribution in [1.29, 1.82) is 0 Å². The van der Waals surface area contributed by atoms with Gasteiger partial charge in [-0.15, -0.1) is 0 Å². The van der Waals surface area contributed by atoms with Crippen LogP contribution in [0.5, 0.6) is 0 Å². The average molecular weight is 260 g/mol. The molecule has 0 radical (unpaired) electrons. The van der Waals surface area contributed by atoms with E-state index in [1.807, 2.05) is 0 Å². The molecule has 1 aliphatic rings. The van der Waals surface area contributed by atoms with Gasteiger partial charge in [-0.25, -0.2) is 0 Å². The molecule has 0 saturated heterocycles. The number of carbonyl (C=O) groups excluding carboxylic acids is 1. The number of nitro benzene ring substituents is 1. The van der Waals surface area contributed by atoms with Crippen molar-refractivity contribution < 1.29 is 9.72 Å². The van der Waals surface area contributed by atoms with Gasteiger partial charge in [-0.05, 0) is 32.4 Å². The van der Waals surface area contributed by atoms with Crippen molar-refractivity contribution in [1.82, 2.24) is 0 Å². The second-order valence-corrected chi connectivity index (χ2v) is 4.76. The van der Waals surface area contributed by atoms with Crippen molar-refractivity contribution in [3.8, 4) is 0 Å². The van der Waals surface area contributed by atoms with E-state index in [-0.39, 0.29) is 17.0 Å². The van der Waals surface area contributed by atoms with Crippen LogP contribution in [0.2, 0.25) is 0 Å². The van der Waals surface area contributed by atoms with Crippen LogP contribution < -0.4 is 4.90 Å². The van der Waals surface area contributed by atoms with Crippen LogP contribution in [-0.2, 0) is 0 Å². The van der Waals surface area contributed by atoms with Crippen LogP contribution in [0, 0.1) is 10.1 Å². The molecule has 1 aromatic carbocycles. The first kappa shape index (κ1) is 13.3. The number of nitrogens with zero attached hydrogens (tertiary/aromatic N) is 2. The van der Waals surface area contributed by atoms with Crippen LogP contribution in [-0.4, -0.2) is 23.8 Å². The molecule has 0 N–H and O–H groups in total. The van der Waals surface area contributed by atoms with Gasteiger partial charge in [0.15, 0.2) is 5.78 Å². The zero-order valence-corrected chi connectivity index (χ0v) is 11.0. The SMILES string of the molecule is CC(=O)c1cc(N2CC=C(C)CC2)ccc1[N+](=O)[O-]. The Labute approximate surface area is 111 Å². The van der Waals surface area contributed by atoms with Crippen molar-refractivity contribution >= 4 is 17.2 Å². The molecule has 5 nitrogen and oxygen atoms in total.